The monoisotopic (exact) mass is 476 g/mol. The molecule has 8 bridgehead atoms. The summed E-state index contributed by atoms with van der Waals surface area (Å²) in [4.78, 5) is 36.5. The summed E-state index contributed by atoms with van der Waals surface area (Å²) in [6.07, 6.45) is 6.90. The molecule has 0 atom stereocenters. The second kappa shape index (κ2) is 8.13. The van der Waals surface area contributed by atoms with Crippen LogP contribution in [-0.2, 0) is 0 Å². The summed E-state index contributed by atoms with van der Waals surface area (Å²) in [5.41, 5.74) is 3.75. The van der Waals surface area contributed by atoms with Crippen molar-refractivity contribution in [3.63, 3.8) is 0 Å². The molecular weight excluding hydrogens is 460 g/mol. The molecule has 1 aromatic carbocycles. The molecule has 0 spiro atoms. The highest BCUT2D eigenvalue weighted by Gasteiger charge is 2.32. The Labute approximate surface area is 202 Å². The van der Waals surface area contributed by atoms with Crippen LogP contribution in [0.1, 0.15) is 22.8 Å². The number of aromatic amines is 1. The zero-order valence-electron chi connectivity index (χ0n) is 18.5. The van der Waals surface area contributed by atoms with Gasteiger partial charge in [0.1, 0.15) is 5.52 Å². The highest BCUT2D eigenvalue weighted by molar-refractivity contribution is 5.98. The lowest BCUT2D eigenvalue weighted by Gasteiger charge is -1.99. The first kappa shape index (κ1) is 21.2. The van der Waals surface area contributed by atoms with Crippen LogP contribution in [0.15, 0.2) is 66.7 Å². The first-order valence-electron chi connectivity index (χ1n) is 10.9. The third-order valence-corrected chi connectivity index (χ3v) is 5.87. The van der Waals surface area contributed by atoms with Gasteiger partial charge in [0, 0.05) is 17.1 Å². The highest BCUT2D eigenvalue weighted by atomic mass is 16.7. The number of H-pyrrole nitrogens is 1. The van der Waals surface area contributed by atoms with E-state index < -0.39 is 9.96 Å². The Morgan fingerprint density at radius 3 is 1.75 bits per heavy atom. The smallest absolute Gasteiger partial charge is 0.309 e. The van der Waals surface area contributed by atoms with Gasteiger partial charge in [-0.15, -0.1) is 0 Å². The van der Waals surface area contributed by atoms with Crippen molar-refractivity contribution in [3.05, 3.63) is 110 Å². The molecule has 4 aromatic rings. The van der Waals surface area contributed by atoms with E-state index in [0.717, 1.165) is 15.7 Å². The molecule has 0 aliphatic carbocycles. The molecule has 3 aromatic heterocycles. The average molecular weight is 476 g/mol. The first-order chi connectivity index (χ1) is 17.5. The SMILES string of the molecule is O=[N+]([O-])c1c(-c2ccccc2)c2cc3nc(cc4ccc(cc5nc(cc1n2[N+](=O)[O-])C=C5)[nH]4)C=C3. The summed E-state index contributed by atoms with van der Waals surface area (Å²) >= 11 is 0. The summed E-state index contributed by atoms with van der Waals surface area (Å²) in [7, 11) is 0. The van der Waals surface area contributed by atoms with Crippen LogP contribution < -0.4 is 0 Å². The Balaban J connectivity index is 1.85. The number of aromatic nitrogens is 4. The quantitative estimate of drug-likeness (QED) is 0.256. The van der Waals surface area contributed by atoms with Crippen LogP contribution >= 0.6 is 0 Å². The van der Waals surface area contributed by atoms with Crippen molar-refractivity contribution in [3.8, 4) is 11.1 Å². The molecule has 174 valence electrons. The number of hydrogen-bond donors (Lipinski definition) is 1. The largest absolute Gasteiger partial charge is 0.355 e. The minimum atomic E-state index is -0.661. The molecule has 0 saturated carbocycles. The lowest BCUT2D eigenvalue weighted by Crippen LogP contribution is -2.08. The molecule has 10 heteroatoms. The fraction of sp³-hybridized carbons (Fsp3) is 0. The minimum absolute atomic E-state index is 0.0430. The molecule has 0 saturated heterocycles. The van der Waals surface area contributed by atoms with E-state index in [1.807, 2.05) is 24.3 Å². The summed E-state index contributed by atoms with van der Waals surface area (Å²) < 4.78 is 0.735. The second-order valence-electron chi connectivity index (χ2n) is 8.20. The Morgan fingerprint density at radius 2 is 1.22 bits per heavy atom. The standard InChI is InChI=1S/C26H16N6O4/c33-31(34)26-24-15-22-11-9-20(29-22)13-18-7-6-17(27-18)12-19-8-10-21(28-19)14-23(30(24)32(35)36)25(26)16-4-2-1-3-5-16/h1-15,27H. The number of nitro groups is 2. The van der Waals surface area contributed by atoms with Gasteiger partial charge in [0.25, 0.3) is 0 Å². The van der Waals surface area contributed by atoms with Crippen LogP contribution in [-0.4, -0.2) is 29.6 Å². The normalized spacial score (nSPS) is 12.1. The minimum Gasteiger partial charge on any atom is -0.355 e. The van der Waals surface area contributed by atoms with Gasteiger partial charge in [-0.05, 0) is 60.2 Å². The molecule has 2 aliphatic rings. The van der Waals surface area contributed by atoms with Gasteiger partial charge in [0.05, 0.1) is 33.3 Å². The maximum Gasteiger partial charge on any atom is 0.309 e. The van der Waals surface area contributed by atoms with Gasteiger partial charge in [-0.2, -0.15) is 0 Å². The van der Waals surface area contributed by atoms with Gasteiger partial charge < -0.3 is 4.98 Å². The van der Waals surface area contributed by atoms with Gasteiger partial charge in [-0.25, -0.2) is 20.1 Å². The highest BCUT2D eigenvalue weighted by Crippen LogP contribution is 2.40. The van der Waals surface area contributed by atoms with Crippen molar-refractivity contribution in [1.29, 1.82) is 0 Å². The van der Waals surface area contributed by atoms with E-state index in [1.54, 1.807) is 54.6 Å². The maximum atomic E-state index is 12.4. The molecular formula is C26H16N6O4. The number of nitrogens with one attached hydrogen (secondary N) is 1. The van der Waals surface area contributed by atoms with Crippen molar-refractivity contribution in [2.75, 3.05) is 0 Å². The summed E-state index contributed by atoms with van der Waals surface area (Å²) in [5, 5.41) is 24.1. The van der Waals surface area contributed by atoms with Crippen molar-refractivity contribution in [2.24, 2.45) is 0 Å². The fourth-order valence-corrected chi connectivity index (χ4v) is 4.41. The van der Waals surface area contributed by atoms with E-state index in [0.29, 0.717) is 28.3 Å². The number of hydrogen-bond acceptors (Lipinski definition) is 6. The summed E-state index contributed by atoms with van der Waals surface area (Å²) in [6.45, 7) is 0. The Hall–Kier alpha value is -5.38. The molecule has 6 rings (SSSR count). The number of rotatable bonds is 3. The zero-order valence-corrected chi connectivity index (χ0v) is 18.5. The zero-order chi connectivity index (χ0) is 24.8. The average Bonchev–Trinajstić information content (AvgIpc) is 3.63. The predicted molar refractivity (Wildman–Crippen MR) is 137 cm³/mol. The van der Waals surface area contributed by atoms with Crippen LogP contribution in [0.5, 0.6) is 0 Å². The van der Waals surface area contributed by atoms with Crippen molar-refractivity contribution in [2.45, 2.75) is 0 Å². The molecule has 36 heavy (non-hydrogen) atoms. The topological polar surface area (TPSA) is 133 Å². The lowest BCUT2D eigenvalue weighted by molar-refractivity contribution is -0.533. The number of fused-ring (bicyclic) bond motifs is 8. The van der Waals surface area contributed by atoms with Gasteiger partial charge in [-0.1, -0.05) is 35.0 Å². The molecule has 0 radical (unpaired) electrons. The van der Waals surface area contributed by atoms with Crippen LogP contribution in [0.3, 0.4) is 0 Å². The maximum absolute atomic E-state index is 12.4. The molecule has 5 heterocycles. The van der Waals surface area contributed by atoms with Crippen LogP contribution in [0.25, 0.3) is 57.5 Å². The molecule has 0 fully saturated rings. The van der Waals surface area contributed by atoms with Crippen molar-refractivity contribution in [1.82, 2.24) is 19.6 Å². The van der Waals surface area contributed by atoms with Crippen LogP contribution in [0, 0.1) is 20.2 Å². The van der Waals surface area contributed by atoms with E-state index in [2.05, 4.69) is 15.0 Å². The molecule has 0 amide bonds. The third-order valence-electron chi connectivity index (χ3n) is 5.87. The fourth-order valence-electron chi connectivity index (χ4n) is 4.41. The Morgan fingerprint density at radius 1 is 0.694 bits per heavy atom. The second-order valence-corrected chi connectivity index (χ2v) is 8.20. The molecule has 0 unspecified atom stereocenters. The van der Waals surface area contributed by atoms with E-state index in [9.17, 15) is 20.2 Å². The van der Waals surface area contributed by atoms with Crippen LogP contribution in [0.4, 0.5) is 5.69 Å². The molecule has 1 N–H and O–H groups in total. The van der Waals surface area contributed by atoms with E-state index in [1.165, 1.54) is 12.1 Å². The van der Waals surface area contributed by atoms with Gasteiger partial charge in [-0.3, -0.25) is 10.1 Å². The third kappa shape index (κ3) is 3.62. The number of nitrogens with zero attached hydrogens (tertiary/aromatic N) is 5. The van der Waals surface area contributed by atoms with E-state index in [-0.39, 0.29) is 22.3 Å². The van der Waals surface area contributed by atoms with Crippen LogP contribution in [0.2, 0.25) is 0 Å². The summed E-state index contributed by atoms with van der Waals surface area (Å²) in [5.74, 6) is 0. The van der Waals surface area contributed by atoms with Crippen molar-refractivity contribution >= 4 is 52.1 Å². The van der Waals surface area contributed by atoms with E-state index in [4.69, 9.17) is 0 Å². The molecule has 10 nitrogen and oxygen atoms in total. The summed E-state index contributed by atoms with van der Waals surface area (Å²) in [6, 6.07) is 18.9. The first-order valence-corrected chi connectivity index (χ1v) is 10.9. The van der Waals surface area contributed by atoms with Gasteiger partial charge in [0.2, 0.25) is 0 Å². The van der Waals surface area contributed by atoms with Gasteiger partial charge >= 0.3 is 5.69 Å². The van der Waals surface area contributed by atoms with Gasteiger partial charge in [0.15, 0.2) is 10.5 Å². The Kier molecular flexibility index (Phi) is 4.78. The Bertz CT molecular complexity index is 1800. The van der Waals surface area contributed by atoms with Crippen molar-refractivity contribution < 1.29 is 9.96 Å². The molecule has 2 aliphatic heterocycles. The predicted octanol–water partition coefficient (Wildman–Crippen LogP) is 5.74. The number of benzene rings is 1. The van der Waals surface area contributed by atoms with E-state index >= 15 is 0 Å². The lowest BCUT2D eigenvalue weighted by atomic mass is 10.1.